The Balaban J connectivity index is 2.07. The lowest BCUT2D eigenvalue weighted by Gasteiger charge is -2.02. The first-order valence-corrected chi connectivity index (χ1v) is 5.65. The van der Waals surface area contributed by atoms with Crippen LogP contribution in [-0.4, -0.2) is 15.8 Å². The second-order valence-corrected chi connectivity index (χ2v) is 3.95. The largest absolute Gasteiger partial charge is 0.287 e. The van der Waals surface area contributed by atoms with Crippen molar-refractivity contribution in [3.63, 3.8) is 0 Å². The number of hydrogen-bond donors (Lipinski definition) is 0. The predicted octanol–water partition coefficient (Wildman–Crippen LogP) is 2.86. The molecule has 0 spiro atoms. The highest BCUT2D eigenvalue weighted by Gasteiger charge is 2.10. The molecule has 0 fully saturated rings. The van der Waals surface area contributed by atoms with Crippen molar-refractivity contribution in [3.8, 4) is 0 Å². The first-order chi connectivity index (χ1) is 8.84. The van der Waals surface area contributed by atoms with E-state index < -0.39 is 0 Å². The van der Waals surface area contributed by atoms with Gasteiger partial charge >= 0.3 is 0 Å². The van der Waals surface area contributed by atoms with Crippen molar-refractivity contribution in [3.05, 3.63) is 72.2 Å². The fraction of sp³-hybridized carbons (Fsp3) is 0. The summed E-state index contributed by atoms with van der Waals surface area (Å²) < 4.78 is 0. The van der Waals surface area contributed by atoms with Crippen LogP contribution >= 0.6 is 0 Å². The third-order valence-corrected chi connectivity index (χ3v) is 2.76. The second kappa shape index (κ2) is 4.37. The molecule has 0 radical (unpaired) electrons. The Morgan fingerprint density at radius 3 is 2.61 bits per heavy atom. The molecule has 0 aliphatic heterocycles. The van der Waals surface area contributed by atoms with E-state index in [-0.39, 0.29) is 5.78 Å². The van der Waals surface area contributed by atoms with Crippen molar-refractivity contribution >= 4 is 16.7 Å². The molecule has 1 aromatic carbocycles. The van der Waals surface area contributed by atoms with E-state index in [0.717, 1.165) is 10.9 Å². The van der Waals surface area contributed by atoms with Crippen molar-refractivity contribution in [2.24, 2.45) is 0 Å². The molecule has 0 aliphatic rings. The van der Waals surface area contributed by atoms with Crippen LogP contribution < -0.4 is 0 Å². The lowest BCUT2D eigenvalue weighted by molar-refractivity contribution is 0.103. The van der Waals surface area contributed by atoms with Gasteiger partial charge in [-0.25, -0.2) is 0 Å². The first kappa shape index (κ1) is 10.6. The van der Waals surface area contributed by atoms with Crippen LogP contribution in [-0.2, 0) is 0 Å². The Bertz CT molecular complexity index is 708. The second-order valence-electron chi connectivity index (χ2n) is 3.95. The number of carbonyl (C=O) groups excluding carboxylic acids is 1. The molecule has 2 aromatic heterocycles. The van der Waals surface area contributed by atoms with Gasteiger partial charge in [0.05, 0.1) is 5.52 Å². The van der Waals surface area contributed by atoms with Crippen molar-refractivity contribution in [2.75, 3.05) is 0 Å². The number of ketones is 1. The molecule has 0 bridgehead atoms. The minimum absolute atomic E-state index is 0.0682. The molecule has 0 atom stereocenters. The van der Waals surface area contributed by atoms with Gasteiger partial charge in [-0.15, -0.1) is 0 Å². The van der Waals surface area contributed by atoms with Gasteiger partial charge in [0.2, 0.25) is 5.78 Å². The van der Waals surface area contributed by atoms with Crippen LogP contribution in [0.1, 0.15) is 16.1 Å². The molecule has 0 unspecified atom stereocenters. The molecular weight excluding hydrogens is 224 g/mol. The number of carbonyl (C=O) groups is 1. The summed E-state index contributed by atoms with van der Waals surface area (Å²) >= 11 is 0. The lowest BCUT2D eigenvalue weighted by atomic mass is 10.1. The average Bonchev–Trinajstić information content (AvgIpc) is 2.47. The molecule has 2 heterocycles. The molecule has 3 rings (SSSR count). The van der Waals surface area contributed by atoms with Crippen molar-refractivity contribution in [2.45, 2.75) is 0 Å². The van der Waals surface area contributed by atoms with E-state index in [1.165, 1.54) is 0 Å². The standard InChI is InChI=1S/C15H10N2O/c18-15(14-5-1-2-8-17-14)12-6-7-13-11(10-12)4-3-9-16-13/h1-10H. The molecule has 86 valence electrons. The summed E-state index contributed by atoms with van der Waals surface area (Å²) in [6.45, 7) is 0. The minimum Gasteiger partial charge on any atom is -0.287 e. The fourth-order valence-electron chi connectivity index (χ4n) is 1.86. The normalized spacial score (nSPS) is 10.4. The predicted molar refractivity (Wildman–Crippen MR) is 69.4 cm³/mol. The number of benzene rings is 1. The van der Waals surface area contributed by atoms with Gasteiger partial charge in [-0.05, 0) is 36.4 Å². The molecule has 3 nitrogen and oxygen atoms in total. The summed E-state index contributed by atoms with van der Waals surface area (Å²) in [5.41, 5.74) is 1.98. The van der Waals surface area contributed by atoms with Gasteiger partial charge in [0.1, 0.15) is 5.69 Å². The van der Waals surface area contributed by atoms with Crippen LogP contribution in [0.25, 0.3) is 10.9 Å². The average molecular weight is 234 g/mol. The summed E-state index contributed by atoms with van der Waals surface area (Å²) in [5, 5.41) is 0.958. The summed E-state index contributed by atoms with van der Waals surface area (Å²) in [5.74, 6) is -0.0682. The van der Waals surface area contributed by atoms with E-state index >= 15 is 0 Å². The van der Waals surface area contributed by atoms with Gasteiger partial charge < -0.3 is 0 Å². The molecule has 0 saturated carbocycles. The van der Waals surface area contributed by atoms with Crippen molar-refractivity contribution < 1.29 is 4.79 Å². The van der Waals surface area contributed by atoms with Gasteiger partial charge in [0, 0.05) is 23.3 Å². The SMILES string of the molecule is O=C(c1ccc2ncccc2c1)c1ccccn1. The smallest absolute Gasteiger partial charge is 0.211 e. The molecule has 0 N–H and O–H groups in total. The molecule has 0 aliphatic carbocycles. The van der Waals surface area contributed by atoms with E-state index in [4.69, 9.17) is 0 Å². The number of aromatic nitrogens is 2. The minimum atomic E-state index is -0.0682. The number of fused-ring (bicyclic) bond motifs is 1. The third kappa shape index (κ3) is 1.86. The molecular formula is C15H10N2O. The zero-order valence-electron chi connectivity index (χ0n) is 9.58. The van der Waals surface area contributed by atoms with Gasteiger partial charge in [0.25, 0.3) is 0 Å². The van der Waals surface area contributed by atoms with Crippen LogP contribution in [0.5, 0.6) is 0 Å². The van der Waals surface area contributed by atoms with Crippen LogP contribution in [0.15, 0.2) is 60.9 Å². The molecule has 3 heteroatoms. The fourth-order valence-corrected chi connectivity index (χ4v) is 1.86. The number of nitrogens with zero attached hydrogens (tertiary/aromatic N) is 2. The Hall–Kier alpha value is -2.55. The van der Waals surface area contributed by atoms with E-state index in [1.807, 2.05) is 30.3 Å². The topological polar surface area (TPSA) is 42.9 Å². The highest BCUT2D eigenvalue weighted by atomic mass is 16.1. The van der Waals surface area contributed by atoms with Gasteiger partial charge in [0.15, 0.2) is 0 Å². The van der Waals surface area contributed by atoms with Crippen LogP contribution in [0.3, 0.4) is 0 Å². The molecule has 3 aromatic rings. The molecule has 0 saturated heterocycles. The molecule has 18 heavy (non-hydrogen) atoms. The van der Waals surface area contributed by atoms with Crippen LogP contribution in [0, 0.1) is 0 Å². The van der Waals surface area contributed by atoms with Gasteiger partial charge in [-0.2, -0.15) is 0 Å². The molecule has 0 amide bonds. The van der Waals surface area contributed by atoms with Crippen molar-refractivity contribution in [1.82, 2.24) is 9.97 Å². The summed E-state index contributed by atoms with van der Waals surface area (Å²) in [7, 11) is 0. The Labute approximate surface area is 104 Å². The van der Waals surface area contributed by atoms with E-state index in [0.29, 0.717) is 11.3 Å². The van der Waals surface area contributed by atoms with E-state index in [1.54, 1.807) is 30.6 Å². The van der Waals surface area contributed by atoms with E-state index in [2.05, 4.69) is 9.97 Å². The first-order valence-electron chi connectivity index (χ1n) is 5.65. The maximum Gasteiger partial charge on any atom is 0.211 e. The maximum absolute atomic E-state index is 12.2. The summed E-state index contributed by atoms with van der Waals surface area (Å²) in [6, 6.07) is 14.6. The quantitative estimate of drug-likeness (QED) is 0.640. The zero-order valence-corrected chi connectivity index (χ0v) is 9.58. The monoisotopic (exact) mass is 234 g/mol. The number of pyridine rings is 2. The lowest BCUT2D eigenvalue weighted by Crippen LogP contribution is -2.03. The highest BCUT2D eigenvalue weighted by Crippen LogP contribution is 2.15. The summed E-state index contributed by atoms with van der Waals surface area (Å²) in [4.78, 5) is 20.5. The van der Waals surface area contributed by atoms with Crippen molar-refractivity contribution in [1.29, 1.82) is 0 Å². The van der Waals surface area contributed by atoms with Gasteiger partial charge in [-0.3, -0.25) is 14.8 Å². The van der Waals surface area contributed by atoms with E-state index in [9.17, 15) is 4.79 Å². The number of rotatable bonds is 2. The Kier molecular flexibility index (Phi) is 2.57. The van der Waals surface area contributed by atoms with Gasteiger partial charge in [-0.1, -0.05) is 12.1 Å². The Morgan fingerprint density at radius 1 is 0.889 bits per heavy atom. The van der Waals surface area contributed by atoms with Crippen LogP contribution in [0.4, 0.5) is 0 Å². The zero-order chi connectivity index (χ0) is 12.4. The maximum atomic E-state index is 12.2. The van der Waals surface area contributed by atoms with Crippen LogP contribution in [0.2, 0.25) is 0 Å². The summed E-state index contributed by atoms with van der Waals surface area (Å²) in [6.07, 6.45) is 3.36. The Morgan fingerprint density at radius 2 is 1.78 bits per heavy atom. The number of hydrogen-bond acceptors (Lipinski definition) is 3. The third-order valence-electron chi connectivity index (χ3n) is 2.76. The highest BCUT2D eigenvalue weighted by molar-refractivity contribution is 6.09.